The molecule has 4 nitrogen and oxygen atoms in total. The average molecular weight is 450 g/mol. The fourth-order valence-corrected chi connectivity index (χ4v) is 4.03. The predicted octanol–water partition coefficient (Wildman–Crippen LogP) is 5.71. The molecule has 0 unspecified atom stereocenters. The summed E-state index contributed by atoms with van der Waals surface area (Å²) in [7, 11) is 0. The number of hydrogen-bond donors (Lipinski definition) is 2. The van der Waals surface area contributed by atoms with Gasteiger partial charge in [-0.1, -0.05) is 72.8 Å². The highest BCUT2D eigenvalue weighted by molar-refractivity contribution is 9.10. The van der Waals surface area contributed by atoms with E-state index >= 15 is 0 Å². The average Bonchev–Trinajstić information content (AvgIpc) is 3.06. The van der Waals surface area contributed by atoms with E-state index in [1.807, 2.05) is 30.3 Å². The summed E-state index contributed by atoms with van der Waals surface area (Å²) in [4.78, 5) is 12.1. The van der Waals surface area contributed by atoms with Crippen molar-refractivity contribution in [1.29, 1.82) is 0 Å². The van der Waals surface area contributed by atoms with Gasteiger partial charge in [0.15, 0.2) is 0 Å². The number of fused-ring (bicyclic) bond motifs is 3. The van der Waals surface area contributed by atoms with Crippen molar-refractivity contribution in [1.82, 2.24) is 5.32 Å². The number of hydrogen-bond acceptors (Lipinski definition) is 3. The Morgan fingerprint density at radius 3 is 2.34 bits per heavy atom. The smallest absolute Gasteiger partial charge is 0.407 e. The van der Waals surface area contributed by atoms with Gasteiger partial charge in [-0.25, -0.2) is 4.79 Å². The first-order valence-electron chi connectivity index (χ1n) is 9.38. The molecule has 3 aromatic rings. The van der Waals surface area contributed by atoms with Gasteiger partial charge in [0, 0.05) is 18.0 Å². The molecule has 29 heavy (non-hydrogen) atoms. The second kappa shape index (κ2) is 8.53. The largest absolute Gasteiger partial charge is 0.506 e. The van der Waals surface area contributed by atoms with E-state index in [1.165, 1.54) is 22.3 Å². The molecule has 0 saturated heterocycles. The Kier molecular flexibility index (Phi) is 5.67. The van der Waals surface area contributed by atoms with Crippen molar-refractivity contribution in [2.75, 3.05) is 13.2 Å². The number of rotatable bonds is 5. The third-order valence-electron chi connectivity index (χ3n) is 5.02. The van der Waals surface area contributed by atoms with Gasteiger partial charge in [0.1, 0.15) is 12.4 Å². The van der Waals surface area contributed by atoms with Crippen LogP contribution >= 0.6 is 15.9 Å². The number of phenolic OH excluding ortho intramolecular Hbond substituents is 1. The minimum atomic E-state index is -0.463. The standard InChI is InChI=1S/C24H20BrNO3/c25-22-13-5-7-16(23(22)27)8-6-14-26-24(28)29-15-21-19-11-3-1-9-17(19)18-10-2-4-12-20(18)21/h1-13,21,27H,14-15H2,(H,26,28). The lowest BCUT2D eigenvalue weighted by Crippen LogP contribution is -2.26. The van der Waals surface area contributed by atoms with Crippen LogP contribution in [0, 0.1) is 0 Å². The van der Waals surface area contributed by atoms with Gasteiger partial charge in [0.2, 0.25) is 0 Å². The van der Waals surface area contributed by atoms with Crippen molar-refractivity contribution in [2.24, 2.45) is 0 Å². The number of benzene rings is 3. The zero-order valence-electron chi connectivity index (χ0n) is 15.6. The summed E-state index contributed by atoms with van der Waals surface area (Å²) in [6.07, 6.45) is 3.06. The van der Waals surface area contributed by atoms with E-state index in [2.05, 4.69) is 45.5 Å². The summed E-state index contributed by atoms with van der Waals surface area (Å²) in [5, 5.41) is 12.7. The summed E-state index contributed by atoms with van der Waals surface area (Å²) in [6.45, 7) is 0.596. The molecule has 0 spiro atoms. The number of ether oxygens (including phenoxy) is 1. The summed E-state index contributed by atoms with van der Waals surface area (Å²) >= 11 is 3.28. The predicted molar refractivity (Wildman–Crippen MR) is 118 cm³/mol. The molecule has 0 saturated carbocycles. The zero-order chi connectivity index (χ0) is 20.2. The quantitative estimate of drug-likeness (QED) is 0.524. The number of amides is 1. The lowest BCUT2D eigenvalue weighted by Gasteiger charge is -2.14. The number of carbonyl (C=O) groups excluding carboxylic acids is 1. The molecule has 2 N–H and O–H groups in total. The number of phenols is 1. The van der Waals surface area contributed by atoms with E-state index in [-0.39, 0.29) is 18.3 Å². The Labute approximate surface area is 178 Å². The van der Waals surface area contributed by atoms with Crippen LogP contribution in [0.5, 0.6) is 5.75 Å². The zero-order valence-corrected chi connectivity index (χ0v) is 17.2. The first kappa shape index (κ1) is 19.3. The summed E-state index contributed by atoms with van der Waals surface area (Å²) in [5.74, 6) is 0.215. The Balaban J connectivity index is 1.34. The molecule has 1 aliphatic carbocycles. The van der Waals surface area contributed by atoms with Crippen molar-refractivity contribution in [3.8, 4) is 16.9 Å². The second-order valence-electron chi connectivity index (χ2n) is 6.79. The number of carbonyl (C=O) groups is 1. The molecule has 146 valence electrons. The number of halogens is 1. The number of nitrogens with one attached hydrogen (secondary N) is 1. The molecule has 0 atom stereocenters. The highest BCUT2D eigenvalue weighted by atomic mass is 79.9. The maximum Gasteiger partial charge on any atom is 0.407 e. The first-order valence-corrected chi connectivity index (χ1v) is 10.2. The van der Waals surface area contributed by atoms with Gasteiger partial charge in [-0.2, -0.15) is 0 Å². The van der Waals surface area contributed by atoms with Gasteiger partial charge in [0.25, 0.3) is 0 Å². The normalized spacial score (nSPS) is 12.6. The SMILES string of the molecule is O=C(NCC=Cc1cccc(Br)c1O)OCC1c2ccccc2-c2ccccc21. The van der Waals surface area contributed by atoms with Crippen LogP contribution in [0.1, 0.15) is 22.6 Å². The molecular formula is C24H20BrNO3. The van der Waals surface area contributed by atoms with Gasteiger partial charge in [-0.15, -0.1) is 0 Å². The summed E-state index contributed by atoms with van der Waals surface area (Å²) in [6, 6.07) is 21.9. The van der Waals surface area contributed by atoms with Crippen LogP contribution in [0.15, 0.2) is 77.3 Å². The van der Waals surface area contributed by atoms with Crippen LogP contribution in [-0.2, 0) is 4.74 Å². The van der Waals surface area contributed by atoms with E-state index in [9.17, 15) is 9.90 Å². The van der Waals surface area contributed by atoms with Crippen molar-refractivity contribution in [3.63, 3.8) is 0 Å². The second-order valence-corrected chi connectivity index (χ2v) is 7.64. The lowest BCUT2D eigenvalue weighted by atomic mass is 9.98. The van der Waals surface area contributed by atoms with Gasteiger partial charge >= 0.3 is 6.09 Å². The topological polar surface area (TPSA) is 58.6 Å². The van der Waals surface area contributed by atoms with Gasteiger partial charge < -0.3 is 15.2 Å². The molecule has 0 aromatic heterocycles. The van der Waals surface area contributed by atoms with Crippen molar-refractivity contribution < 1.29 is 14.6 Å². The molecule has 0 aliphatic heterocycles. The lowest BCUT2D eigenvalue weighted by molar-refractivity contribution is 0.144. The fraction of sp³-hybridized carbons (Fsp3) is 0.125. The minimum absolute atomic E-state index is 0.0438. The molecule has 0 heterocycles. The summed E-state index contributed by atoms with van der Waals surface area (Å²) < 4.78 is 6.12. The maximum absolute atomic E-state index is 12.1. The van der Waals surface area contributed by atoms with Gasteiger partial charge in [-0.05, 0) is 44.3 Å². The fourth-order valence-electron chi connectivity index (χ4n) is 3.64. The molecule has 4 rings (SSSR count). The third-order valence-corrected chi connectivity index (χ3v) is 5.66. The van der Waals surface area contributed by atoms with Crippen molar-refractivity contribution >= 4 is 28.1 Å². The third kappa shape index (κ3) is 4.05. The summed E-state index contributed by atoms with van der Waals surface area (Å²) in [5.41, 5.74) is 5.45. The minimum Gasteiger partial charge on any atom is -0.506 e. The Morgan fingerprint density at radius 1 is 1.00 bits per heavy atom. The number of para-hydroxylation sites is 1. The van der Waals surface area contributed by atoms with Crippen molar-refractivity contribution in [3.05, 3.63) is 94.0 Å². The number of alkyl carbamates (subject to hydrolysis) is 1. The maximum atomic E-state index is 12.1. The van der Waals surface area contributed by atoms with E-state index in [0.717, 1.165) is 0 Å². The van der Waals surface area contributed by atoms with Crippen LogP contribution in [0.2, 0.25) is 0 Å². The van der Waals surface area contributed by atoms with Crippen molar-refractivity contribution in [2.45, 2.75) is 5.92 Å². The first-order chi connectivity index (χ1) is 14.1. The Morgan fingerprint density at radius 2 is 1.66 bits per heavy atom. The molecule has 0 bridgehead atoms. The molecule has 0 fully saturated rings. The molecular weight excluding hydrogens is 430 g/mol. The molecule has 1 aliphatic rings. The number of aromatic hydroxyl groups is 1. The van der Waals surface area contributed by atoms with Crippen LogP contribution in [-0.4, -0.2) is 24.4 Å². The molecule has 3 aromatic carbocycles. The van der Waals surface area contributed by atoms with Crippen LogP contribution < -0.4 is 5.32 Å². The van der Waals surface area contributed by atoms with Gasteiger partial charge in [0.05, 0.1) is 4.47 Å². The van der Waals surface area contributed by atoms with Crippen LogP contribution in [0.4, 0.5) is 4.79 Å². The highest BCUT2D eigenvalue weighted by Crippen LogP contribution is 2.44. The van der Waals surface area contributed by atoms with E-state index in [1.54, 1.807) is 24.3 Å². The van der Waals surface area contributed by atoms with E-state index in [0.29, 0.717) is 16.6 Å². The molecule has 1 amide bonds. The Bertz CT molecular complexity index is 1030. The van der Waals surface area contributed by atoms with Gasteiger partial charge in [-0.3, -0.25) is 0 Å². The Hall–Kier alpha value is -3.05. The van der Waals surface area contributed by atoms with Crippen LogP contribution in [0.3, 0.4) is 0 Å². The highest BCUT2D eigenvalue weighted by Gasteiger charge is 2.28. The monoisotopic (exact) mass is 449 g/mol. The van der Waals surface area contributed by atoms with Crippen LogP contribution in [0.25, 0.3) is 17.2 Å². The van der Waals surface area contributed by atoms with E-state index in [4.69, 9.17) is 4.74 Å². The molecule has 5 heteroatoms. The molecule has 0 radical (unpaired) electrons. The van der Waals surface area contributed by atoms with E-state index < -0.39 is 6.09 Å².